The monoisotopic (exact) mass is 372 g/mol. The maximum Gasteiger partial charge on any atom is 0.255 e. The lowest BCUT2D eigenvalue weighted by molar-refractivity contribution is -0.135. The zero-order valence-corrected chi connectivity index (χ0v) is 16.3. The molecule has 0 unspecified atom stereocenters. The van der Waals surface area contributed by atoms with Crippen LogP contribution < -0.4 is 0 Å². The summed E-state index contributed by atoms with van der Waals surface area (Å²) in [7, 11) is 0. The second-order valence-electron chi connectivity index (χ2n) is 7.14. The van der Waals surface area contributed by atoms with Crippen molar-refractivity contribution in [3.8, 4) is 6.07 Å². The third-order valence-corrected chi connectivity index (χ3v) is 5.59. The van der Waals surface area contributed by atoms with Gasteiger partial charge < -0.3 is 9.80 Å². The number of hydrogen-bond acceptors (Lipinski definition) is 5. The molecule has 6 nitrogen and oxygen atoms in total. The molecule has 0 bridgehead atoms. The van der Waals surface area contributed by atoms with Gasteiger partial charge in [-0.25, -0.2) is 4.98 Å². The summed E-state index contributed by atoms with van der Waals surface area (Å²) < 4.78 is 0. The highest BCUT2D eigenvalue weighted by molar-refractivity contribution is 7.98. The number of rotatable bonds is 4. The van der Waals surface area contributed by atoms with E-state index in [9.17, 15) is 14.9 Å². The van der Waals surface area contributed by atoms with Gasteiger partial charge in [0.1, 0.15) is 11.1 Å². The first-order valence-corrected chi connectivity index (χ1v) is 10.3. The molecule has 2 amide bonds. The first kappa shape index (κ1) is 18.7. The number of carbonyl (C=O) groups excluding carboxylic acids is 2. The van der Waals surface area contributed by atoms with E-state index >= 15 is 0 Å². The lowest BCUT2D eigenvalue weighted by Gasteiger charge is -2.35. The van der Waals surface area contributed by atoms with E-state index in [1.807, 2.05) is 31.1 Å². The van der Waals surface area contributed by atoms with E-state index in [2.05, 4.69) is 11.1 Å². The smallest absolute Gasteiger partial charge is 0.255 e. The molecule has 3 rings (SSSR count). The van der Waals surface area contributed by atoms with Gasteiger partial charge in [0.05, 0.1) is 11.1 Å². The summed E-state index contributed by atoms with van der Waals surface area (Å²) in [5.41, 5.74) is 1.75. The molecule has 2 fully saturated rings. The number of carbonyl (C=O) groups is 2. The Hall–Kier alpha value is -2.07. The van der Waals surface area contributed by atoms with Crippen LogP contribution in [-0.4, -0.2) is 59.0 Å². The Labute approximate surface area is 158 Å². The van der Waals surface area contributed by atoms with Gasteiger partial charge in [-0.05, 0) is 25.2 Å². The minimum atomic E-state index is -0.127. The van der Waals surface area contributed by atoms with E-state index in [0.717, 1.165) is 18.5 Å². The van der Waals surface area contributed by atoms with Gasteiger partial charge >= 0.3 is 0 Å². The average Bonchev–Trinajstić information content (AvgIpc) is 3.51. The molecule has 0 aromatic carbocycles. The summed E-state index contributed by atoms with van der Waals surface area (Å²) in [5.74, 6) is 0.380. The lowest BCUT2D eigenvalue weighted by Crippen LogP contribution is -2.51. The Morgan fingerprint density at radius 1 is 1.23 bits per heavy atom. The van der Waals surface area contributed by atoms with Crippen LogP contribution in [0.5, 0.6) is 0 Å². The van der Waals surface area contributed by atoms with Crippen LogP contribution in [0.25, 0.3) is 0 Å². The Balaban J connectivity index is 1.81. The number of hydrogen-bond donors (Lipinski definition) is 0. The minimum absolute atomic E-state index is 0.0344. The van der Waals surface area contributed by atoms with Crippen LogP contribution >= 0.6 is 11.8 Å². The lowest BCUT2D eigenvalue weighted by atomic mass is 10.1. The van der Waals surface area contributed by atoms with Crippen LogP contribution in [0.1, 0.15) is 54.2 Å². The minimum Gasteiger partial charge on any atom is -0.339 e. The van der Waals surface area contributed by atoms with Gasteiger partial charge in [-0.2, -0.15) is 5.26 Å². The maximum atomic E-state index is 13.1. The van der Waals surface area contributed by atoms with Gasteiger partial charge in [0, 0.05) is 43.7 Å². The molecule has 1 aromatic heterocycles. The van der Waals surface area contributed by atoms with E-state index in [0.29, 0.717) is 48.2 Å². The Morgan fingerprint density at radius 2 is 1.85 bits per heavy atom. The molecule has 1 aliphatic carbocycles. The van der Waals surface area contributed by atoms with Gasteiger partial charge in [0.25, 0.3) is 5.91 Å². The van der Waals surface area contributed by atoms with Crippen molar-refractivity contribution < 1.29 is 9.59 Å². The molecule has 1 saturated carbocycles. The summed E-state index contributed by atoms with van der Waals surface area (Å²) in [6.07, 6.45) is 4.07. The molecule has 0 N–H and O–H groups in total. The SMILES string of the molecule is CSc1nc(C2CC2)cc(C(=O)N2CCN(C(=O)C(C)C)CC2)c1C#N. The largest absolute Gasteiger partial charge is 0.339 e. The molecule has 0 spiro atoms. The molecule has 26 heavy (non-hydrogen) atoms. The number of thioether (sulfide) groups is 1. The summed E-state index contributed by atoms with van der Waals surface area (Å²) in [4.78, 5) is 33.4. The van der Waals surface area contributed by atoms with Gasteiger partial charge in [-0.3, -0.25) is 9.59 Å². The van der Waals surface area contributed by atoms with Crippen LogP contribution in [0.4, 0.5) is 0 Å². The van der Waals surface area contributed by atoms with Gasteiger partial charge in [0.15, 0.2) is 0 Å². The van der Waals surface area contributed by atoms with Gasteiger partial charge in [-0.1, -0.05) is 13.8 Å². The third-order valence-electron chi connectivity index (χ3n) is 4.91. The molecule has 2 aliphatic rings. The number of pyridine rings is 1. The van der Waals surface area contributed by atoms with Crippen molar-refractivity contribution in [2.75, 3.05) is 32.4 Å². The normalized spacial score (nSPS) is 17.3. The highest BCUT2D eigenvalue weighted by atomic mass is 32.2. The molecule has 1 saturated heterocycles. The standard InChI is InChI=1S/C19H24N4O2S/c1-12(2)18(24)22-6-8-23(9-7-22)19(25)14-10-16(13-4-5-13)21-17(26-3)15(14)11-20/h10,12-13H,4-9H2,1-3H3. The fourth-order valence-corrected chi connectivity index (χ4v) is 3.78. The van der Waals surface area contributed by atoms with Crippen molar-refractivity contribution in [2.45, 2.75) is 37.6 Å². The predicted octanol–water partition coefficient (Wildman–Crippen LogP) is 2.49. The zero-order valence-electron chi connectivity index (χ0n) is 15.5. The Kier molecular flexibility index (Phi) is 5.52. The predicted molar refractivity (Wildman–Crippen MR) is 100 cm³/mol. The molecule has 7 heteroatoms. The summed E-state index contributed by atoms with van der Waals surface area (Å²) in [6.45, 7) is 5.86. The van der Waals surface area contributed by atoms with E-state index in [1.54, 1.807) is 4.90 Å². The second-order valence-corrected chi connectivity index (χ2v) is 7.93. The van der Waals surface area contributed by atoms with E-state index in [4.69, 9.17) is 0 Å². The summed E-state index contributed by atoms with van der Waals surface area (Å²) >= 11 is 1.41. The summed E-state index contributed by atoms with van der Waals surface area (Å²) in [5, 5.41) is 10.2. The molecule has 0 radical (unpaired) electrons. The van der Waals surface area contributed by atoms with Crippen LogP contribution in [0, 0.1) is 17.2 Å². The van der Waals surface area contributed by atoms with Crippen LogP contribution in [0.2, 0.25) is 0 Å². The molecule has 1 aromatic rings. The van der Waals surface area contributed by atoms with Crippen LogP contribution in [0.3, 0.4) is 0 Å². The first-order valence-electron chi connectivity index (χ1n) is 9.03. The van der Waals surface area contributed by atoms with Crippen molar-refractivity contribution in [3.63, 3.8) is 0 Å². The van der Waals surface area contributed by atoms with Crippen molar-refractivity contribution in [3.05, 3.63) is 22.9 Å². The fourth-order valence-electron chi connectivity index (χ4n) is 3.22. The third kappa shape index (κ3) is 3.70. The first-order chi connectivity index (χ1) is 12.5. The highest BCUT2D eigenvalue weighted by Gasteiger charge is 2.31. The number of nitriles is 1. The van der Waals surface area contributed by atoms with Crippen LogP contribution in [-0.2, 0) is 4.79 Å². The van der Waals surface area contributed by atoms with Crippen molar-refractivity contribution >= 4 is 23.6 Å². The molecular weight excluding hydrogens is 348 g/mol. The molecule has 1 aliphatic heterocycles. The number of aromatic nitrogens is 1. The van der Waals surface area contributed by atoms with E-state index in [1.165, 1.54) is 11.8 Å². The number of piperazine rings is 1. The second kappa shape index (κ2) is 7.67. The van der Waals surface area contributed by atoms with E-state index in [-0.39, 0.29) is 17.7 Å². The molecular formula is C19H24N4O2S. The van der Waals surface area contributed by atoms with Crippen molar-refractivity contribution in [1.82, 2.24) is 14.8 Å². The molecule has 2 heterocycles. The Morgan fingerprint density at radius 3 is 2.35 bits per heavy atom. The van der Waals surface area contributed by atoms with Crippen molar-refractivity contribution in [1.29, 1.82) is 5.26 Å². The van der Waals surface area contributed by atoms with E-state index < -0.39 is 0 Å². The fraction of sp³-hybridized carbons (Fsp3) is 0.579. The number of nitrogens with zero attached hydrogens (tertiary/aromatic N) is 4. The Bertz CT molecular complexity index is 760. The number of amides is 2. The topological polar surface area (TPSA) is 77.3 Å². The maximum absolute atomic E-state index is 13.1. The van der Waals surface area contributed by atoms with Gasteiger partial charge in [0.2, 0.25) is 5.91 Å². The zero-order chi connectivity index (χ0) is 18.8. The average molecular weight is 372 g/mol. The van der Waals surface area contributed by atoms with Crippen LogP contribution in [0.15, 0.2) is 11.1 Å². The van der Waals surface area contributed by atoms with Crippen molar-refractivity contribution in [2.24, 2.45) is 5.92 Å². The summed E-state index contributed by atoms with van der Waals surface area (Å²) in [6, 6.07) is 3.98. The quantitative estimate of drug-likeness (QED) is 0.759. The molecule has 138 valence electrons. The molecule has 0 atom stereocenters. The highest BCUT2D eigenvalue weighted by Crippen LogP contribution is 2.40. The van der Waals surface area contributed by atoms with Gasteiger partial charge in [-0.15, -0.1) is 11.8 Å².